The predicted molar refractivity (Wildman–Crippen MR) is 137 cm³/mol. The van der Waals surface area contributed by atoms with Gasteiger partial charge in [-0.2, -0.15) is 5.10 Å². The second-order valence-corrected chi connectivity index (χ2v) is 9.37. The lowest BCUT2D eigenvalue weighted by atomic mass is 10.0. The molecule has 0 atom stereocenters. The average Bonchev–Trinajstić information content (AvgIpc) is 3.14. The van der Waals surface area contributed by atoms with Crippen LogP contribution in [0.2, 0.25) is 0 Å². The lowest BCUT2D eigenvalue weighted by molar-refractivity contribution is -0.120. The van der Waals surface area contributed by atoms with Gasteiger partial charge in [0.15, 0.2) is 0 Å². The fraction of sp³-hybridized carbons (Fsp3) is 0.500. The number of hydrogen-bond acceptors (Lipinski definition) is 4. The molecule has 3 aliphatic rings. The molecule has 6 heteroatoms. The number of amides is 1. The summed E-state index contributed by atoms with van der Waals surface area (Å²) in [5, 5.41) is 7.82. The first kappa shape index (κ1) is 24.3. The summed E-state index contributed by atoms with van der Waals surface area (Å²) < 4.78 is 8.08. The number of nitrogens with zero attached hydrogens (tertiary/aromatic N) is 3. The van der Waals surface area contributed by atoms with Crippen LogP contribution in [0.1, 0.15) is 70.1 Å². The van der Waals surface area contributed by atoms with Gasteiger partial charge < -0.3 is 10.1 Å². The Hall–Kier alpha value is -2.86. The number of hydrogen-bond donors (Lipinski definition) is 1. The van der Waals surface area contributed by atoms with Crippen LogP contribution < -0.4 is 5.32 Å². The SMILES string of the molecule is CC/C=C\C=C(/C)n1cc2c(n1)CCN(CCCCOC1=C/C/C=C3/CCC(=O)N\C(=C\1)C3)C2. The van der Waals surface area contributed by atoms with E-state index in [1.54, 1.807) is 0 Å². The Morgan fingerprint density at radius 3 is 3.03 bits per heavy atom. The molecule has 1 fully saturated rings. The number of carbonyl (C=O) groups excluding carboxylic acids is 1. The van der Waals surface area contributed by atoms with Gasteiger partial charge in [-0.25, -0.2) is 4.68 Å². The van der Waals surface area contributed by atoms with Gasteiger partial charge in [0.2, 0.25) is 5.91 Å². The molecule has 0 unspecified atom stereocenters. The molecular formula is C28H38N4O2. The van der Waals surface area contributed by atoms with Crippen LogP contribution in [0.15, 0.2) is 59.7 Å². The summed E-state index contributed by atoms with van der Waals surface area (Å²) in [6, 6.07) is 0. The van der Waals surface area contributed by atoms with E-state index in [9.17, 15) is 4.79 Å². The van der Waals surface area contributed by atoms with E-state index in [-0.39, 0.29) is 5.91 Å². The van der Waals surface area contributed by atoms with E-state index >= 15 is 0 Å². The summed E-state index contributed by atoms with van der Waals surface area (Å²) in [6.45, 7) is 8.06. The number of aromatic nitrogens is 2. The molecule has 182 valence electrons. The molecule has 2 aliphatic heterocycles. The Labute approximate surface area is 203 Å². The summed E-state index contributed by atoms with van der Waals surface area (Å²) in [7, 11) is 0. The maximum atomic E-state index is 11.9. The zero-order chi connectivity index (χ0) is 23.8. The van der Waals surface area contributed by atoms with Crippen molar-refractivity contribution in [3.8, 4) is 0 Å². The standard InChI is InChI=1S/C28H38N4O2/c1-3-4-5-9-22(2)32-21-24-20-31(16-14-27(24)30-32)15-6-7-17-34-26-11-8-10-23-12-13-28(33)29-25(18-23)19-26/h4-5,9-11,19,21H,3,6-8,12-18,20H2,1-2H3,(H,29,33)/b5-4-,22-9+,23-10-,25-19+,26-11+. The number of ether oxygens (including phenoxy) is 1. The molecule has 0 aromatic carbocycles. The van der Waals surface area contributed by atoms with E-state index in [0.717, 1.165) is 81.7 Å². The van der Waals surface area contributed by atoms with Crippen LogP contribution in [-0.2, 0) is 22.5 Å². The van der Waals surface area contributed by atoms with E-state index in [1.165, 1.54) is 16.8 Å². The molecule has 1 aliphatic carbocycles. The van der Waals surface area contributed by atoms with E-state index < -0.39 is 0 Å². The monoisotopic (exact) mass is 462 g/mol. The number of nitrogens with one attached hydrogen (secondary N) is 1. The summed E-state index contributed by atoms with van der Waals surface area (Å²) in [4.78, 5) is 14.4. The lowest BCUT2D eigenvalue weighted by Gasteiger charge is -2.25. The zero-order valence-corrected chi connectivity index (χ0v) is 20.7. The Morgan fingerprint density at radius 1 is 1.24 bits per heavy atom. The van der Waals surface area contributed by atoms with Crippen molar-refractivity contribution < 1.29 is 9.53 Å². The van der Waals surface area contributed by atoms with Crippen LogP contribution in [0.25, 0.3) is 5.70 Å². The molecule has 1 amide bonds. The van der Waals surface area contributed by atoms with Gasteiger partial charge in [-0.15, -0.1) is 0 Å². The highest BCUT2D eigenvalue weighted by atomic mass is 16.5. The molecule has 2 bridgehead atoms. The summed E-state index contributed by atoms with van der Waals surface area (Å²) in [5.74, 6) is 0.977. The fourth-order valence-corrected chi connectivity index (χ4v) is 4.62. The van der Waals surface area contributed by atoms with Crippen molar-refractivity contribution in [1.29, 1.82) is 0 Å². The predicted octanol–water partition coefficient (Wildman–Crippen LogP) is 5.26. The van der Waals surface area contributed by atoms with Crippen LogP contribution in [0.3, 0.4) is 0 Å². The van der Waals surface area contributed by atoms with Gasteiger partial charge in [-0.1, -0.05) is 30.7 Å². The van der Waals surface area contributed by atoms with Crippen LogP contribution in [0.4, 0.5) is 0 Å². The number of carbonyl (C=O) groups is 1. The summed E-state index contributed by atoms with van der Waals surface area (Å²) in [6.07, 6.45) is 22.3. The normalized spacial score (nSPS) is 24.0. The number of allylic oxidation sites excluding steroid dienone is 8. The first-order chi connectivity index (χ1) is 16.6. The number of fused-ring (bicyclic) bond motifs is 3. The van der Waals surface area contributed by atoms with Crippen LogP contribution in [-0.4, -0.2) is 40.3 Å². The van der Waals surface area contributed by atoms with Gasteiger partial charge in [0, 0.05) is 55.5 Å². The molecular weight excluding hydrogens is 424 g/mol. The molecule has 1 aromatic heterocycles. The van der Waals surface area contributed by atoms with Crippen LogP contribution in [0.5, 0.6) is 0 Å². The minimum atomic E-state index is 0.102. The highest BCUT2D eigenvalue weighted by Crippen LogP contribution is 2.24. The Kier molecular flexibility index (Phi) is 8.58. The average molecular weight is 463 g/mol. The van der Waals surface area contributed by atoms with Crippen LogP contribution >= 0.6 is 0 Å². The van der Waals surface area contributed by atoms with Gasteiger partial charge in [0.05, 0.1) is 12.3 Å². The summed E-state index contributed by atoms with van der Waals surface area (Å²) in [5.41, 5.74) is 6.03. The van der Waals surface area contributed by atoms with Crippen molar-refractivity contribution >= 4 is 11.6 Å². The van der Waals surface area contributed by atoms with Gasteiger partial charge in [0.25, 0.3) is 0 Å². The topological polar surface area (TPSA) is 59.4 Å². The molecule has 4 rings (SSSR count). The van der Waals surface area contributed by atoms with E-state index in [0.29, 0.717) is 13.0 Å². The largest absolute Gasteiger partial charge is 0.494 e. The second kappa shape index (κ2) is 12.0. The van der Waals surface area contributed by atoms with E-state index in [2.05, 4.69) is 60.6 Å². The van der Waals surface area contributed by atoms with Crippen molar-refractivity contribution in [2.75, 3.05) is 19.7 Å². The molecule has 34 heavy (non-hydrogen) atoms. The third-order valence-electron chi connectivity index (χ3n) is 6.58. The van der Waals surface area contributed by atoms with Crippen molar-refractivity contribution in [2.45, 2.75) is 71.8 Å². The van der Waals surface area contributed by atoms with Gasteiger partial charge in [0.1, 0.15) is 5.76 Å². The maximum Gasteiger partial charge on any atom is 0.224 e. The first-order valence-corrected chi connectivity index (χ1v) is 12.8. The van der Waals surface area contributed by atoms with E-state index in [1.807, 2.05) is 10.8 Å². The molecule has 3 heterocycles. The highest BCUT2D eigenvalue weighted by molar-refractivity contribution is 5.79. The Balaban J connectivity index is 1.21. The van der Waals surface area contributed by atoms with Crippen molar-refractivity contribution in [1.82, 2.24) is 20.0 Å². The Morgan fingerprint density at radius 2 is 2.15 bits per heavy atom. The van der Waals surface area contributed by atoms with Gasteiger partial charge in [-0.3, -0.25) is 9.69 Å². The lowest BCUT2D eigenvalue weighted by Crippen LogP contribution is -2.31. The van der Waals surface area contributed by atoms with Crippen molar-refractivity contribution in [2.24, 2.45) is 0 Å². The van der Waals surface area contributed by atoms with Gasteiger partial charge in [-0.05, 0) is 63.8 Å². The van der Waals surface area contributed by atoms with Crippen molar-refractivity contribution in [3.05, 3.63) is 70.9 Å². The molecule has 6 nitrogen and oxygen atoms in total. The molecule has 0 radical (unpaired) electrons. The molecule has 0 saturated carbocycles. The fourth-order valence-electron chi connectivity index (χ4n) is 4.62. The molecule has 1 aromatic rings. The minimum absolute atomic E-state index is 0.102. The zero-order valence-electron chi connectivity index (χ0n) is 20.7. The molecule has 1 saturated heterocycles. The molecule has 0 spiro atoms. The second-order valence-electron chi connectivity index (χ2n) is 9.37. The maximum absolute atomic E-state index is 11.9. The Bertz CT molecular complexity index is 1030. The number of rotatable bonds is 9. The highest BCUT2D eigenvalue weighted by Gasteiger charge is 2.20. The first-order valence-electron chi connectivity index (χ1n) is 12.8. The van der Waals surface area contributed by atoms with Crippen molar-refractivity contribution in [3.63, 3.8) is 0 Å². The quantitative estimate of drug-likeness (QED) is 0.309. The van der Waals surface area contributed by atoms with Gasteiger partial charge >= 0.3 is 0 Å². The minimum Gasteiger partial charge on any atom is -0.494 e. The van der Waals surface area contributed by atoms with Crippen LogP contribution in [0, 0.1) is 0 Å². The third-order valence-corrected chi connectivity index (χ3v) is 6.58. The smallest absolute Gasteiger partial charge is 0.224 e. The molecule has 1 N–H and O–H groups in total. The summed E-state index contributed by atoms with van der Waals surface area (Å²) >= 11 is 0. The van der Waals surface area contributed by atoms with E-state index in [4.69, 9.17) is 9.84 Å². The number of unbranched alkanes of at least 4 members (excludes halogenated alkanes) is 1. The third kappa shape index (κ3) is 6.83.